The number of anilines is 1. The van der Waals surface area contributed by atoms with Crippen LogP contribution in [0.4, 0.5) is 5.69 Å². The number of nitrogens with zero attached hydrogens (tertiary/aromatic N) is 2. The molecule has 0 bridgehead atoms. The van der Waals surface area contributed by atoms with E-state index in [2.05, 4.69) is 75.4 Å². The zero-order valence-electron chi connectivity index (χ0n) is 24.8. The third-order valence-corrected chi connectivity index (χ3v) is 7.41. The summed E-state index contributed by atoms with van der Waals surface area (Å²) in [6.07, 6.45) is 19.9. The molecule has 1 heterocycles. The van der Waals surface area contributed by atoms with E-state index in [-0.39, 0.29) is 5.91 Å². The monoisotopic (exact) mass is 527 g/mol. The minimum absolute atomic E-state index is 0.0752. The van der Waals surface area contributed by atoms with Crippen LogP contribution in [0.2, 0.25) is 0 Å². The van der Waals surface area contributed by atoms with Gasteiger partial charge in [0.25, 0.3) is 5.91 Å². The Bertz CT molecular complexity index is 1130. The smallest absolute Gasteiger partial charge is 0.253 e. The van der Waals surface area contributed by atoms with Gasteiger partial charge in [0.2, 0.25) is 0 Å². The minimum Gasteiger partial charge on any atom is -0.323 e. The lowest BCUT2D eigenvalue weighted by molar-refractivity contribution is -0.118. The Kier molecular flexibility index (Phi) is 12.5. The van der Waals surface area contributed by atoms with Crippen LogP contribution in [-0.4, -0.2) is 15.7 Å². The van der Waals surface area contributed by atoms with Crippen molar-refractivity contribution in [3.63, 3.8) is 0 Å². The third-order valence-electron chi connectivity index (χ3n) is 7.41. The van der Waals surface area contributed by atoms with Crippen molar-refractivity contribution in [2.75, 3.05) is 5.32 Å². The number of allylic oxidation sites excluding steroid dienone is 1. The maximum absolute atomic E-state index is 13.9. The van der Waals surface area contributed by atoms with Crippen LogP contribution in [-0.2, 0) is 4.79 Å². The van der Waals surface area contributed by atoms with Gasteiger partial charge < -0.3 is 5.32 Å². The zero-order chi connectivity index (χ0) is 28.0. The fourth-order valence-corrected chi connectivity index (χ4v) is 5.14. The van der Waals surface area contributed by atoms with Gasteiger partial charge in [0.15, 0.2) is 6.04 Å². The first-order valence-electron chi connectivity index (χ1n) is 15.1. The first-order chi connectivity index (χ1) is 18.9. The average Bonchev–Trinajstić information content (AvgIpc) is 3.38. The highest BCUT2D eigenvalue weighted by atomic mass is 16.2. The second-order valence-corrected chi connectivity index (χ2v) is 11.3. The summed E-state index contributed by atoms with van der Waals surface area (Å²) < 4.78 is 1.80. The molecule has 0 fully saturated rings. The van der Waals surface area contributed by atoms with Gasteiger partial charge in [-0.3, -0.25) is 9.48 Å². The third kappa shape index (κ3) is 9.23. The van der Waals surface area contributed by atoms with Gasteiger partial charge in [-0.15, -0.1) is 0 Å². The van der Waals surface area contributed by atoms with E-state index in [1.807, 2.05) is 42.7 Å². The standard InChI is InChI=1S/C35H49N3O/c1-6-7-8-9-10-11-12-13-14-16-20-29-25-36-38(26-29)34(30-21-17-15-18-22-30)35(39)37-33-31(27(2)3)23-19-24-32(33)28(4)5/h15-28,34H,6-14H2,1-5H3,(H,37,39)/b20-16+. The molecule has 0 saturated carbocycles. The summed E-state index contributed by atoms with van der Waals surface area (Å²) in [5.74, 6) is 0.530. The van der Waals surface area contributed by atoms with Gasteiger partial charge in [-0.2, -0.15) is 5.10 Å². The molecule has 0 spiro atoms. The number of para-hydroxylation sites is 1. The molecule has 3 rings (SSSR count). The quantitative estimate of drug-likeness (QED) is 0.188. The van der Waals surface area contributed by atoms with Gasteiger partial charge in [-0.1, -0.05) is 140 Å². The Morgan fingerprint density at radius 2 is 1.46 bits per heavy atom. The van der Waals surface area contributed by atoms with E-state index in [0.717, 1.165) is 34.4 Å². The van der Waals surface area contributed by atoms with Crippen LogP contribution in [0.1, 0.15) is 133 Å². The van der Waals surface area contributed by atoms with Crippen molar-refractivity contribution in [3.05, 3.63) is 89.3 Å². The number of rotatable bonds is 16. The molecule has 210 valence electrons. The topological polar surface area (TPSA) is 46.9 Å². The highest BCUT2D eigenvalue weighted by molar-refractivity contribution is 5.97. The summed E-state index contributed by atoms with van der Waals surface area (Å²) in [6, 6.07) is 15.7. The lowest BCUT2D eigenvalue weighted by Crippen LogP contribution is -2.28. The molecule has 39 heavy (non-hydrogen) atoms. The largest absolute Gasteiger partial charge is 0.323 e. The fraction of sp³-hybridized carbons (Fsp3) is 0.486. The van der Waals surface area contributed by atoms with Gasteiger partial charge >= 0.3 is 0 Å². The summed E-state index contributed by atoms with van der Waals surface area (Å²) >= 11 is 0. The van der Waals surface area contributed by atoms with Gasteiger partial charge in [0.05, 0.1) is 6.20 Å². The molecule has 3 aromatic rings. The summed E-state index contributed by atoms with van der Waals surface area (Å²) in [5, 5.41) is 7.96. The number of aromatic nitrogens is 2. The Balaban J connectivity index is 1.71. The maximum atomic E-state index is 13.9. The number of unbranched alkanes of at least 4 members (excludes halogenated alkanes) is 8. The van der Waals surface area contributed by atoms with Crippen LogP contribution >= 0.6 is 0 Å². The second kappa shape index (κ2) is 16.1. The van der Waals surface area contributed by atoms with Crippen LogP contribution in [0, 0.1) is 0 Å². The molecule has 0 saturated heterocycles. The molecule has 0 radical (unpaired) electrons. The summed E-state index contributed by atoms with van der Waals surface area (Å²) in [5.41, 5.74) is 5.19. The molecule has 0 aliphatic rings. The van der Waals surface area contributed by atoms with Crippen LogP contribution < -0.4 is 5.32 Å². The van der Waals surface area contributed by atoms with Gasteiger partial charge in [-0.05, 0) is 41.4 Å². The van der Waals surface area contributed by atoms with Crippen molar-refractivity contribution >= 4 is 17.7 Å². The van der Waals surface area contributed by atoms with E-state index < -0.39 is 6.04 Å². The van der Waals surface area contributed by atoms with Crippen molar-refractivity contribution in [1.29, 1.82) is 0 Å². The van der Waals surface area contributed by atoms with Gasteiger partial charge in [0, 0.05) is 17.4 Å². The second-order valence-electron chi connectivity index (χ2n) is 11.3. The van der Waals surface area contributed by atoms with Crippen LogP contribution in [0.25, 0.3) is 6.08 Å². The molecule has 1 unspecified atom stereocenters. The number of amides is 1. The number of hydrogen-bond donors (Lipinski definition) is 1. The maximum Gasteiger partial charge on any atom is 0.253 e. The number of benzene rings is 2. The highest BCUT2D eigenvalue weighted by Crippen LogP contribution is 2.33. The van der Waals surface area contributed by atoms with E-state index in [4.69, 9.17) is 0 Å². The molecule has 0 aliphatic carbocycles. The molecule has 1 amide bonds. The Labute approximate surface area is 236 Å². The van der Waals surface area contributed by atoms with Crippen LogP contribution in [0.5, 0.6) is 0 Å². The number of hydrogen-bond acceptors (Lipinski definition) is 2. The number of carbonyl (C=O) groups excluding carboxylic acids is 1. The first kappa shape index (κ1) is 30.4. The van der Waals surface area contributed by atoms with E-state index in [1.165, 1.54) is 51.4 Å². The number of carbonyl (C=O) groups is 1. The molecule has 2 aromatic carbocycles. The predicted molar refractivity (Wildman–Crippen MR) is 166 cm³/mol. The number of nitrogens with one attached hydrogen (secondary N) is 1. The fourth-order valence-electron chi connectivity index (χ4n) is 5.14. The average molecular weight is 528 g/mol. The van der Waals surface area contributed by atoms with Crippen molar-refractivity contribution in [3.8, 4) is 0 Å². The summed E-state index contributed by atoms with van der Waals surface area (Å²) in [7, 11) is 0. The van der Waals surface area contributed by atoms with E-state index >= 15 is 0 Å². The lowest BCUT2D eigenvalue weighted by Gasteiger charge is -2.23. The van der Waals surface area contributed by atoms with Crippen molar-refractivity contribution in [1.82, 2.24) is 9.78 Å². The van der Waals surface area contributed by atoms with Gasteiger partial charge in [-0.25, -0.2) is 0 Å². The van der Waals surface area contributed by atoms with Crippen LogP contribution in [0.15, 0.2) is 67.0 Å². The van der Waals surface area contributed by atoms with Crippen molar-refractivity contribution in [2.24, 2.45) is 0 Å². The molecular weight excluding hydrogens is 478 g/mol. The molecule has 1 atom stereocenters. The predicted octanol–water partition coefficient (Wildman–Crippen LogP) is 9.90. The minimum atomic E-state index is -0.554. The summed E-state index contributed by atoms with van der Waals surface area (Å²) in [4.78, 5) is 13.9. The summed E-state index contributed by atoms with van der Waals surface area (Å²) in [6.45, 7) is 10.9. The van der Waals surface area contributed by atoms with E-state index in [9.17, 15) is 4.79 Å². The molecule has 0 aliphatic heterocycles. The SMILES string of the molecule is CCCCCCCCCC/C=C/c1cnn(C(C(=O)Nc2c(C(C)C)cccc2C(C)C)c2ccccc2)c1. The van der Waals surface area contributed by atoms with E-state index in [0.29, 0.717) is 11.8 Å². The van der Waals surface area contributed by atoms with Gasteiger partial charge in [0.1, 0.15) is 0 Å². The molecule has 1 N–H and O–H groups in total. The molecule has 4 heteroatoms. The normalized spacial score (nSPS) is 12.5. The molecule has 4 nitrogen and oxygen atoms in total. The molecule has 1 aromatic heterocycles. The highest BCUT2D eigenvalue weighted by Gasteiger charge is 2.26. The van der Waals surface area contributed by atoms with Crippen LogP contribution in [0.3, 0.4) is 0 Å². The van der Waals surface area contributed by atoms with E-state index in [1.54, 1.807) is 4.68 Å². The first-order valence-corrected chi connectivity index (χ1v) is 15.1. The Hall–Kier alpha value is -3.14. The Morgan fingerprint density at radius 1 is 0.846 bits per heavy atom. The Morgan fingerprint density at radius 3 is 2.08 bits per heavy atom. The molecular formula is C35H49N3O. The van der Waals surface area contributed by atoms with Crippen molar-refractivity contribution in [2.45, 2.75) is 110 Å². The zero-order valence-corrected chi connectivity index (χ0v) is 24.8. The lowest BCUT2D eigenvalue weighted by atomic mass is 9.92. The van der Waals surface area contributed by atoms with Crippen molar-refractivity contribution < 1.29 is 4.79 Å².